The predicted molar refractivity (Wildman–Crippen MR) is 103 cm³/mol. The molecule has 0 heterocycles. The van der Waals surface area contributed by atoms with Crippen LogP contribution in [0.4, 0.5) is 0 Å². The molecule has 25 heavy (non-hydrogen) atoms. The first kappa shape index (κ1) is 16.3. The number of benzene rings is 2. The lowest BCUT2D eigenvalue weighted by molar-refractivity contribution is 0.365. The monoisotopic (exact) mass is 334 g/mol. The Kier molecular flexibility index (Phi) is 4.29. The number of rotatable bonds is 3. The largest absolute Gasteiger partial charge is 0.497 e. The lowest BCUT2D eigenvalue weighted by Crippen LogP contribution is -2.24. The van der Waals surface area contributed by atoms with E-state index in [1.54, 1.807) is 14.2 Å². The summed E-state index contributed by atoms with van der Waals surface area (Å²) in [5.41, 5.74) is 7.18. The molecule has 2 aromatic rings. The molecule has 130 valence electrons. The molecule has 1 saturated carbocycles. The minimum atomic E-state index is 0.611. The highest BCUT2D eigenvalue weighted by atomic mass is 16.5. The summed E-state index contributed by atoms with van der Waals surface area (Å²) < 4.78 is 10.8. The summed E-state index contributed by atoms with van der Waals surface area (Å²) >= 11 is 0. The summed E-state index contributed by atoms with van der Waals surface area (Å²) in [5, 5.41) is 0. The van der Waals surface area contributed by atoms with Crippen molar-refractivity contribution in [2.75, 3.05) is 14.2 Å². The van der Waals surface area contributed by atoms with Gasteiger partial charge in [-0.25, -0.2) is 0 Å². The van der Waals surface area contributed by atoms with E-state index in [0.717, 1.165) is 11.5 Å². The molecule has 0 saturated heterocycles. The van der Waals surface area contributed by atoms with Gasteiger partial charge in [-0.2, -0.15) is 0 Å². The summed E-state index contributed by atoms with van der Waals surface area (Å²) in [6, 6.07) is 15.2. The van der Waals surface area contributed by atoms with Gasteiger partial charge in [0.05, 0.1) is 14.2 Å². The maximum Gasteiger partial charge on any atom is 0.119 e. The van der Waals surface area contributed by atoms with Crippen molar-refractivity contribution in [2.45, 2.75) is 38.5 Å². The Balaban J connectivity index is 1.87. The maximum atomic E-state index is 5.50. The molecule has 4 rings (SSSR count). The quantitative estimate of drug-likeness (QED) is 0.693. The molecule has 2 nitrogen and oxygen atoms in total. The first-order chi connectivity index (χ1) is 12.2. The van der Waals surface area contributed by atoms with E-state index in [1.165, 1.54) is 53.5 Å². The van der Waals surface area contributed by atoms with Gasteiger partial charge in [-0.3, -0.25) is 0 Å². The van der Waals surface area contributed by atoms with Gasteiger partial charge in [0, 0.05) is 0 Å². The van der Waals surface area contributed by atoms with Gasteiger partial charge in [-0.1, -0.05) is 31.0 Å². The molecule has 0 aliphatic heterocycles. The molecule has 2 aliphatic rings. The molecular weight excluding hydrogens is 308 g/mol. The molecule has 2 atom stereocenters. The predicted octanol–water partition coefficient (Wildman–Crippen LogP) is 5.92. The molecule has 0 radical (unpaired) electrons. The van der Waals surface area contributed by atoms with Crippen LogP contribution in [-0.4, -0.2) is 14.2 Å². The number of hydrogen-bond donors (Lipinski definition) is 0. The zero-order valence-corrected chi connectivity index (χ0v) is 15.3. The van der Waals surface area contributed by atoms with Crippen molar-refractivity contribution in [3.8, 4) is 11.5 Å². The fourth-order valence-corrected chi connectivity index (χ4v) is 4.79. The SMILES string of the molecule is COc1ccc(C2=C(C)c3ccc(OC)cc3C3CCCCC23)cc1. The average Bonchev–Trinajstić information content (AvgIpc) is 2.68. The van der Waals surface area contributed by atoms with Crippen molar-refractivity contribution in [3.05, 3.63) is 59.2 Å². The van der Waals surface area contributed by atoms with Crippen LogP contribution in [0.1, 0.15) is 55.2 Å². The van der Waals surface area contributed by atoms with Gasteiger partial charge < -0.3 is 9.47 Å². The van der Waals surface area contributed by atoms with Crippen LogP contribution < -0.4 is 9.47 Å². The van der Waals surface area contributed by atoms with Crippen molar-refractivity contribution in [1.82, 2.24) is 0 Å². The molecule has 0 aromatic heterocycles. The van der Waals surface area contributed by atoms with E-state index >= 15 is 0 Å². The Morgan fingerprint density at radius 2 is 1.44 bits per heavy atom. The molecule has 2 aromatic carbocycles. The third-order valence-corrected chi connectivity index (χ3v) is 6.00. The van der Waals surface area contributed by atoms with Crippen molar-refractivity contribution < 1.29 is 9.47 Å². The summed E-state index contributed by atoms with van der Waals surface area (Å²) in [7, 11) is 3.48. The van der Waals surface area contributed by atoms with Crippen LogP contribution in [0.5, 0.6) is 11.5 Å². The highest BCUT2D eigenvalue weighted by molar-refractivity contribution is 5.94. The highest BCUT2D eigenvalue weighted by Crippen LogP contribution is 2.53. The van der Waals surface area contributed by atoms with E-state index in [0.29, 0.717) is 11.8 Å². The van der Waals surface area contributed by atoms with Crippen LogP contribution in [0.15, 0.2) is 42.5 Å². The van der Waals surface area contributed by atoms with Crippen molar-refractivity contribution in [3.63, 3.8) is 0 Å². The van der Waals surface area contributed by atoms with Crippen LogP contribution >= 0.6 is 0 Å². The van der Waals surface area contributed by atoms with E-state index in [2.05, 4.69) is 49.4 Å². The summed E-state index contributed by atoms with van der Waals surface area (Å²) in [6.45, 7) is 2.29. The third kappa shape index (κ3) is 2.74. The fraction of sp³-hybridized carbons (Fsp3) is 0.391. The Morgan fingerprint density at radius 1 is 0.800 bits per heavy atom. The zero-order chi connectivity index (χ0) is 17.4. The normalized spacial score (nSPS) is 22.2. The van der Waals surface area contributed by atoms with Gasteiger partial charge in [0.2, 0.25) is 0 Å². The Labute approximate surface area is 150 Å². The van der Waals surface area contributed by atoms with Crippen LogP contribution in [0.2, 0.25) is 0 Å². The van der Waals surface area contributed by atoms with E-state index in [9.17, 15) is 0 Å². The first-order valence-electron chi connectivity index (χ1n) is 9.26. The van der Waals surface area contributed by atoms with Gasteiger partial charge >= 0.3 is 0 Å². The van der Waals surface area contributed by atoms with Crippen LogP contribution in [0.25, 0.3) is 11.1 Å². The third-order valence-electron chi connectivity index (χ3n) is 6.00. The minimum absolute atomic E-state index is 0.611. The van der Waals surface area contributed by atoms with E-state index < -0.39 is 0 Å². The topological polar surface area (TPSA) is 18.5 Å². The Bertz CT molecular complexity index is 801. The molecule has 1 fully saturated rings. The van der Waals surface area contributed by atoms with Gasteiger partial charge in [0.1, 0.15) is 11.5 Å². The summed E-state index contributed by atoms with van der Waals surface area (Å²) in [4.78, 5) is 0. The number of fused-ring (bicyclic) bond motifs is 3. The van der Waals surface area contributed by atoms with Gasteiger partial charge in [-0.05, 0) is 83.7 Å². The number of hydrogen-bond acceptors (Lipinski definition) is 2. The fourth-order valence-electron chi connectivity index (χ4n) is 4.79. The number of allylic oxidation sites excluding steroid dienone is 2. The van der Waals surface area contributed by atoms with Crippen LogP contribution in [0.3, 0.4) is 0 Å². The molecule has 0 bridgehead atoms. The molecule has 0 N–H and O–H groups in total. The van der Waals surface area contributed by atoms with Crippen molar-refractivity contribution in [2.24, 2.45) is 5.92 Å². The van der Waals surface area contributed by atoms with Gasteiger partial charge in [0.25, 0.3) is 0 Å². The molecule has 2 unspecified atom stereocenters. The van der Waals surface area contributed by atoms with Crippen molar-refractivity contribution in [1.29, 1.82) is 0 Å². The second-order valence-corrected chi connectivity index (χ2v) is 7.22. The second kappa shape index (κ2) is 6.59. The van der Waals surface area contributed by atoms with E-state index in [4.69, 9.17) is 9.47 Å². The van der Waals surface area contributed by atoms with Crippen molar-refractivity contribution >= 4 is 11.1 Å². The Hall–Kier alpha value is -2.22. The summed E-state index contributed by atoms with van der Waals surface area (Å²) in [5.74, 6) is 3.12. The smallest absolute Gasteiger partial charge is 0.119 e. The molecule has 2 heteroatoms. The molecule has 2 aliphatic carbocycles. The molecule has 0 amide bonds. The standard InChI is InChI=1S/C23H26O2/c1-15-19-13-12-18(25-3)14-22(19)20-6-4-5-7-21(20)23(15)16-8-10-17(24-2)11-9-16/h8-14,20-21H,4-7H2,1-3H3. The Morgan fingerprint density at radius 3 is 2.12 bits per heavy atom. The number of methoxy groups -OCH3 is 2. The van der Waals surface area contributed by atoms with Gasteiger partial charge in [-0.15, -0.1) is 0 Å². The molecule has 0 spiro atoms. The van der Waals surface area contributed by atoms with Gasteiger partial charge in [0.15, 0.2) is 0 Å². The minimum Gasteiger partial charge on any atom is -0.497 e. The first-order valence-corrected chi connectivity index (χ1v) is 9.26. The van der Waals surface area contributed by atoms with E-state index in [-0.39, 0.29) is 0 Å². The lowest BCUT2D eigenvalue weighted by Gasteiger charge is -2.40. The zero-order valence-electron chi connectivity index (χ0n) is 15.3. The number of ether oxygens (including phenoxy) is 2. The van der Waals surface area contributed by atoms with E-state index in [1.807, 2.05) is 0 Å². The summed E-state index contributed by atoms with van der Waals surface area (Å²) in [6.07, 6.45) is 5.21. The average molecular weight is 334 g/mol. The van der Waals surface area contributed by atoms with Crippen LogP contribution in [-0.2, 0) is 0 Å². The second-order valence-electron chi connectivity index (χ2n) is 7.22. The van der Waals surface area contributed by atoms with Crippen LogP contribution in [0, 0.1) is 5.92 Å². The lowest BCUT2D eigenvalue weighted by atomic mass is 9.64. The molecular formula is C23H26O2. The highest BCUT2D eigenvalue weighted by Gasteiger charge is 2.36. The maximum absolute atomic E-state index is 5.50.